The minimum absolute atomic E-state index is 0.397. The van der Waals surface area contributed by atoms with Gasteiger partial charge in [0.05, 0.1) is 10.0 Å². The maximum absolute atomic E-state index is 6.05. The number of benzene rings is 2. The first-order valence-corrected chi connectivity index (χ1v) is 7.14. The molecule has 0 saturated heterocycles. The van der Waals surface area contributed by atoms with E-state index < -0.39 is 0 Å². The fourth-order valence-corrected chi connectivity index (χ4v) is 2.43. The second-order valence-corrected chi connectivity index (χ2v) is 5.29. The van der Waals surface area contributed by atoms with Gasteiger partial charge in [0.15, 0.2) is 5.75 Å². The van der Waals surface area contributed by atoms with Crippen LogP contribution in [0.3, 0.4) is 0 Å². The van der Waals surface area contributed by atoms with Gasteiger partial charge in [-0.25, -0.2) is 0 Å². The predicted molar refractivity (Wildman–Crippen MR) is 79.2 cm³/mol. The zero-order valence-corrected chi connectivity index (χ0v) is 11.9. The molecule has 2 aromatic carbocycles. The summed E-state index contributed by atoms with van der Waals surface area (Å²) in [6, 6.07) is 10.9. The Labute approximate surface area is 120 Å². The van der Waals surface area contributed by atoms with Crippen LogP contribution in [-0.4, -0.2) is 6.26 Å². The number of ether oxygens (including phenoxy) is 1. The lowest BCUT2D eigenvalue weighted by molar-refractivity contribution is 0.483. The fourth-order valence-electron chi connectivity index (χ4n) is 1.44. The van der Waals surface area contributed by atoms with E-state index in [1.54, 1.807) is 23.9 Å². The zero-order chi connectivity index (χ0) is 13.1. The van der Waals surface area contributed by atoms with E-state index in [0.29, 0.717) is 27.2 Å². The maximum atomic E-state index is 6.05. The van der Waals surface area contributed by atoms with Crippen LogP contribution < -0.4 is 10.5 Å². The Kier molecular flexibility index (Phi) is 4.27. The minimum Gasteiger partial charge on any atom is -0.454 e. The van der Waals surface area contributed by atoms with Gasteiger partial charge >= 0.3 is 0 Å². The third-order valence-electron chi connectivity index (χ3n) is 2.30. The molecule has 0 atom stereocenters. The standard InChI is InChI=1S/C13H11Cl2NOS/c1-18-10-4-2-9(3-5-10)17-13-11(14)6-8(16)7-12(13)15/h2-7H,16H2,1H3. The van der Waals surface area contributed by atoms with Crippen LogP contribution in [-0.2, 0) is 0 Å². The van der Waals surface area contributed by atoms with Gasteiger partial charge in [-0.15, -0.1) is 11.8 Å². The summed E-state index contributed by atoms with van der Waals surface area (Å²) >= 11 is 13.8. The Morgan fingerprint density at radius 1 is 1.06 bits per heavy atom. The lowest BCUT2D eigenvalue weighted by Gasteiger charge is -2.10. The van der Waals surface area contributed by atoms with E-state index in [1.165, 1.54) is 0 Å². The zero-order valence-electron chi connectivity index (χ0n) is 9.61. The van der Waals surface area contributed by atoms with Gasteiger partial charge in [-0.1, -0.05) is 23.2 Å². The molecule has 0 fully saturated rings. The van der Waals surface area contributed by atoms with E-state index in [4.69, 9.17) is 33.7 Å². The molecule has 94 valence electrons. The van der Waals surface area contributed by atoms with Crippen LogP contribution >= 0.6 is 35.0 Å². The highest BCUT2D eigenvalue weighted by Gasteiger charge is 2.09. The smallest absolute Gasteiger partial charge is 0.164 e. The van der Waals surface area contributed by atoms with E-state index in [0.717, 1.165) is 4.90 Å². The lowest BCUT2D eigenvalue weighted by Crippen LogP contribution is -1.90. The third kappa shape index (κ3) is 3.05. The third-order valence-corrected chi connectivity index (χ3v) is 3.61. The number of rotatable bonds is 3. The van der Waals surface area contributed by atoms with Crippen molar-refractivity contribution in [3.8, 4) is 11.5 Å². The van der Waals surface area contributed by atoms with Gasteiger partial charge in [0.1, 0.15) is 5.75 Å². The number of anilines is 1. The Morgan fingerprint density at radius 2 is 1.61 bits per heavy atom. The molecule has 0 amide bonds. The molecule has 0 radical (unpaired) electrons. The molecule has 2 N–H and O–H groups in total. The monoisotopic (exact) mass is 299 g/mol. The van der Waals surface area contributed by atoms with Gasteiger partial charge in [-0.2, -0.15) is 0 Å². The number of halogens is 2. The first kappa shape index (κ1) is 13.4. The largest absolute Gasteiger partial charge is 0.454 e. The van der Waals surface area contributed by atoms with Crippen LogP contribution in [0.25, 0.3) is 0 Å². The van der Waals surface area contributed by atoms with Crippen molar-refractivity contribution in [2.45, 2.75) is 4.90 Å². The number of hydrogen-bond donors (Lipinski definition) is 1. The Hall–Kier alpha value is -1.03. The average Bonchev–Trinajstić information content (AvgIpc) is 2.34. The Bertz CT molecular complexity index is 534. The average molecular weight is 300 g/mol. The number of hydrogen-bond acceptors (Lipinski definition) is 3. The highest BCUT2D eigenvalue weighted by Crippen LogP contribution is 2.38. The molecule has 2 aromatic rings. The summed E-state index contributed by atoms with van der Waals surface area (Å²) in [5, 5.41) is 0.794. The van der Waals surface area contributed by atoms with Gasteiger partial charge in [-0.05, 0) is 42.7 Å². The molecule has 0 heterocycles. The van der Waals surface area contributed by atoms with Crippen molar-refractivity contribution in [1.82, 2.24) is 0 Å². The molecule has 0 aliphatic rings. The first-order valence-electron chi connectivity index (χ1n) is 5.16. The molecule has 0 saturated carbocycles. The Balaban J connectivity index is 2.28. The molecule has 0 unspecified atom stereocenters. The number of nitrogen functional groups attached to an aromatic ring is 1. The van der Waals surface area contributed by atoms with E-state index in [2.05, 4.69) is 0 Å². The molecule has 0 bridgehead atoms. The maximum Gasteiger partial charge on any atom is 0.164 e. The molecular weight excluding hydrogens is 289 g/mol. The summed E-state index contributed by atoms with van der Waals surface area (Å²) in [6.07, 6.45) is 2.02. The predicted octanol–water partition coefficient (Wildman–Crippen LogP) is 5.09. The second kappa shape index (κ2) is 5.74. The quantitative estimate of drug-likeness (QED) is 0.633. The summed E-state index contributed by atoms with van der Waals surface area (Å²) in [6.45, 7) is 0. The van der Waals surface area contributed by atoms with Crippen LogP contribution in [0.5, 0.6) is 11.5 Å². The molecule has 2 nitrogen and oxygen atoms in total. The topological polar surface area (TPSA) is 35.2 Å². The van der Waals surface area contributed by atoms with E-state index in [1.807, 2.05) is 30.5 Å². The van der Waals surface area contributed by atoms with Crippen molar-refractivity contribution in [1.29, 1.82) is 0 Å². The highest BCUT2D eigenvalue weighted by molar-refractivity contribution is 7.98. The van der Waals surface area contributed by atoms with Gasteiger partial charge in [0.25, 0.3) is 0 Å². The van der Waals surface area contributed by atoms with Crippen LogP contribution in [0.1, 0.15) is 0 Å². The summed E-state index contributed by atoms with van der Waals surface area (Å²) in [5.41, 5.74) is 6.14. The van der Waals surface area contributed by atoms with Crippen molar-refractivity contribution < 1.29 is 4.74 Å². The van der Waals surface area contributed by atoms with Crippen molar-refractivity contribution in [3.05, 3.63) is 46.4 Å². The second-order valence-electron chi connectivity index (χ2n) is 3.59. The highest BCUT2D eigenvalue weighted by atomic mass is 35.5. The van der Waals surface area contributed by atoms with Gasteiger partial charge < -0.3 is 10.5 Å². The molecule has 18 heavy (non-hydrogen) atoms. The molecule has 0 aliphatic carbocycles. The van der Waals surface area contributed by atoms with Crippen molar-refractivity contribution >= 4 is 40.7 Å². The fraction of sp³-hybridized carbons (Fsp3) is 0.0769. The van der Waals surface area contributed by atoms with Crippen LogP contribution in [0, 0.1) is 0 Å². The summed E-state index contributed by atoms with van der Waals surface area (Å²) in [7, 11) is 0. The molecule has 0 aromatic heterocycles. The lowest BCUT2D eigenvalue weighted by atomic mass is 10.3. The number of nitrogens with two attached hydrogens (primary N) is 1. The Morgan fingerprint density at radius 3 is 2.11 bits per heavy atom. The van der Waals surface area contributed by atoms with Crippen molar-refractivity contribution in [2.75, 3.05) is 12.0 Å². The summed E-state index contributed by atoms with van der Waals surface area (Å²) in [5.74, 6) is 1.10. The van der Waals surface area contributed by atoms with Crippen LogP contribution in [0.4, 0.5) is 5.69 Å². The first-order chi connectivity index (χ1) is 8.60. The van der Waals surface area contributed by atoms with E-state index in [9.17, 15) is 0 Å². The summed E-state index contributed by atoms with van der Waals surface area (Å²) in [4.78, 5) is 1.16. The SMILES string of the molecule is CSc1ccc(Oc2c(Cl)cc(N)cc2Cl)cc1. The van der Waals surface area contributed by atoms with E-state index in [-0.39, 0.29) is 0 Å². The van der Waals surface area contributed by atoms with Gasteiger partial charge in [0.2, 0.25) is 0 Å². The number of thioether (sulfide) groups is 1. The van der Waals surface area contributed by atoms with Crippen LogP contribution in [0.2, 0.25) is 10.0 Å². The summed E-state index contributed by atoms with van der Waals surface area (Å²) < 4.78 is 5.67. The van der Waals surface area contributed by atoms with Gasteiger partial charge in [-0.3, -0.25) is 0 Å². The molecule has 0 aliphatic heterocycles. The van der Waals surface area contributed by atoms with Gasteiger partial charge in [0, 0.05) is 10.6 Å². The van der Waals surface area contributed by atoms with Crippen molar-refractivity contribution in [3.63, 3.8) is 0 Å². The minimum atomic E-state index is 0.397. The molecule has 0 spiro atoms. The van der Waals surface area contributed by atoms with Crippen molar-refractivity contribution in [2.24, 2.45) is 0 Å². The van der Waals surface area contributed by atoms with Crippen LogP contribution in [0.15, 0.2) is 41.3 Å². The molecule has 5 heteroatoms. The molecular formula is C13H11Cl2NOS. The molecule has 2 rings (SSSR count). The van der Waals surface area contributed by atoms with E-state index >= 15 is 0 Å². The normalized spacial score (nSPS) is 10.4.